The molecule has 0 radical (unpaired) electrons. The van der Waals surface area contributed by atoms with Crippen molar-refractivity contribution in [2.45, 2.75) is 123 Å². The molecule has 2 aromatic heterocycles. The summed E-state index contributed by atoms with van der Waals surface area (Å²) in [5.74, 6) is 1.46. The van der Waals surface area contributed by atoms with Crippen LogP contribution in [-0.4, -0.2) is 32.3 Å². The van der Waals surface area contributed by atoms with Gasteiger partial charge in [-0.2, -0.15) is 4.98 Å². The first-order valence-corrected chi connectivity index (χ1v) is 16.2. The zero-order chi connectivity index (χ0) is 29.0. The second kappa shape index (κ2) is 15.8. The first kappa shape index (κ1) is 30.9. The van der Waals surface area contributed by atoms with Crippen molar-refractivity contribution in [3.8, 4) is 5.75 Å². The van der Waals surface area contributed by atoms with E-state index in [0.29, 0.717) is 36.7 Å². The van der Waals surface area contributed by atoms with Gasteiger partial charge in [0, 0.05) is 38.4 Å². The number of hydrogen-bond acceptors (Lipinski definition) is 5. The van der Waals surface area contributed by atoms with Crippen molar-refractivity contribution >= 4 is 22.8 Å². The van der Waals surface area contributed by atoms with E-state index in [-0.39, 0.29) is 11.2 Å². The third-order valence-corrected chi connectivity index (χ3v) is 8.60. The maximum Gasteiger partial charge on any atom is 0.332 e. The number of aromatic nitrogens is 4. The zero-order valence-corrected chi connectivity index (χ0v) is 25.7. The van der Waals surface area contributed by atoms with Crippen LogP contribution >= 0.6 is 0 Å². The van der Waals surface area contributed by atoms with Crippen LogP contribution in [0.5, 0.6) is 5.75 Å². The summed E-state index contributed by atoms with van der Waals surface area (Å²) in [6, 6.07) is 7.82. The van der Waals surface area contributed by atoms with Gasteiger partial charge < -0.3 is 14.2 Å². The van der Waals surface area contributed by atoms with Crippen molar-refractivity contribution in [1.82, 2.24) is 18.7 Å². The Morgan fingerprint density at radius 1 is 0.805 bits per heavy atom. The lowest BCUT2D eigenvalue weighted by molar-refractivity contribution is 0.415. The zero-order valence-electron chi connectivity index (χ0n) is 25.7. The Bertz CT molecular complexity index is 1360. The highest BCUT2D eigenvalue weighted by atomic mass is 16.5. The van der Waals surface area contributed by atoms with Gasteiger partial charge in [-0.05, 0) is 18.6 Å². The highest BCUT2D eigenvalue weighted by Crippen LogP contribution is 2.33. The van der Waals surface area contributed by atoms with Crippen molar-refractivity contribution in [3.05, 3.63) is 45.1 Å². The molecule has 3 heterocycles. The molecule has 0 saturated heterocycles. The number of imidazole rings is 1. The average Bonchev–Trinajstić information content (AvgIpc) is 3.57. The number of rotatable bonds is 19. The topological polar surface area (TPSA) is 74.3 Å². The Labute approximate surface area is 245 Å². The SMILES string of the molecule is CCCCCCCCCCCCCCCCCCn1c(=O)c2c(nc3n2CCN3c2cccc(OC)c2)n(C)c1=O. The van der Waals surface area contributed by atoms with E-state index in [0.717, 1.165) is 30.7 Å². The lowest BCUT2D eigenvalue weighted by Gasteiger charge is -2.16. The summed E-state index contributed by atoms with van der Waals surface area (Å²) >= 11 is 0. The van der Waals surface area contributed by atoms with Gasteiger partial charge in [0.15, 0.2) is 11.2 Å². The summed E-state index contributed by atoms with van der Waals surface area (Å²) in [5, 5.41) is 0. The van der Waals surface area contributed by atoms with Gasteiger partial charge in [0.05, 0.1) is 7.11 Å². The molecule has 0 unspecified atom stereocenters. The Morgan fingerprint density at radius 3 is 1.98 bits per heavy atom. The lowest BCUT2D eigenvalue weighted by Crippen LogP contribution is -2.39. The van der Waals surface area contributed by atoms with Gasteiger partial charge in [0.1, 0.15) is 5.75 Å². The van der Waals surface area contributed by atoms with Gasteiger partial charge in [-0.1, -0.05) is 109 Å². The molecule has 0 N–H and O–H groups in total. The predicted molar refractivity (Wildman–Crippen MR) is 169 cm³/mol. The number of methoxy groups -OCH3 is 1. The molecule has 1 aliphatic rings. The molecule has 1 aromatic carbocycles. The summed E-state index contributed by atoms with van der Waals surface area (Å²) < 4.78 is 10.3. The minimum atomic E-state index is -0.284. The Hall–Kier alpha value is -3.03. The standard InChI is InChI=1S/C33H51N5O3/c1-4-5-6-7-8-9-10-11-12-13-14-15-16-17-18-19-23-38-31(39)29-30(35(2)33(38)40)34-32-36(24-25-37(29)32)27-21-20-22-28(26-27)41-3/h20-22,26H,4-19,23-25H2,1-3H3. The average molecular weight is 566 g/mol. The monoisotopic (exact) mass is 565 g/mol. The van der Waals surface area contributed by atoms with Crippen LogP contribution in [0.2, 0.25) is 0 Å². The van der Waals surface area contributed by atoms with Crippen LogP contribution in [0.4, 0.5) is 11.6 Å². The number of fused-ring (bicyclic) bond motifs is 3. The van der Waals surface area contributed by atoms with Crippen molar-refractivity contribution in [1.29, 1.82) is 0 Å². The third-order valence-electron chi connectivity index (χ3n) is 8.60. The summed E-state index contributed by atoms with van der Waals surface area (Å²) in [7, 11) is 3.36. The quantitative estimate of drug-likeness (QED) is 0.142. The van der Waals surface area contributed by atoms with Gasteiger partial charge in [-0.15, -0.1) is 0 Å². The van der Waals surface area contributed by atoms with Crippen molar-refractivity contribution in [2.75, 3.05) is 18.6 Å². The minimum Gasteiger partial charge on any atom is -0.497 e. The van der Waals surface area contributed by atoms with Crippen LogP contribution in [0.3, 0.4) is 0 Å². The smallest absolute Gasteiger partial charge is 0.332 e. The number of aryl methyl sites for hydroxylation is 1. The summed E-state index contributed by atoms with van der Waals surface area (Å²) in [6.07, 6.45) is 20.8. The third kappa shape index (κ3) is 7.83. The van der Waals surface area contributed by atoms with Crippen LogP contribution in [0, 0.1) is 0 Å². The lowest BCUT2D eigenvalue weighted by atomic mass is 10.0. The van der Waals surface area contributed by atoms with Gasteiger partial charge >= 0.3 is 5.69 Å². The molecule has 8 nitrogen and oxygen atoms in total. The molecule has 0 bridgehead atoms. The second-order valence-electron chi connectivity index (χ2n) is 11.7. The molecule has 0 amide bonds. The van der Waals surface area contributed by atoms with Crippen LogP contribution in [0.15, 0.2) is 33.9 Å². The summed E-state index contributed by atoms with van der Waals surface area (Å²) in [5.41, 5.74) is 1.41. The van der Waals surface area contributed by atoms with E-state index in [9.17, 15) is 9.59 Å². The van der Waals surface area contributed by atoms with E-state index in [1.165, 1.54) is 92.6 Å². The number of anilines is 2. The fourth-order valence-electron chi connectivity index (χ4n) is 6.12. The summed E-state index contributed by atoms with van der Waals surface area (Å²) in [4.78, 5) is 33.4. The first-order valence-electron chi connectivity index (χ1n) is 16.2. The largest absolute Gasteiger partial charge is 0.497 e. The van der Waals surface area contributed by atoms with Crippen molar-refractivity contribution in [3.63, 3.8) is 0 Å². The highest BCUT2D eigenvalue weighted by Gasteiger charge is 2.28. The van der Waals surface area contributed by atoms with Gasteiger partial charge in [-0.3, -0.25) is 13.9 Å². The van der Waals surface area contributed by atoms with Crippen molar-refractivity contribution in [2.24, 2.45) is 7.05 Å². The maximum absolute atomic E-state index is 13.5. The van der Waals surface area contributed by atoms with E-state index in [2.05, 4.69) is 11.8 Å². The van der Waals surface area contributed by atoms with Gasteiger partial charge in [0.25, 0.3) is 5.56 Å². The fraction of sp³-hybridized carbons (Fsp3) is 0.667. The molecule has 0 spiro atoms. The van der Waals surface area contributed by atoms with Crippen LogP contribution in [-0.2, 0) is 20.1 Å². The number of benzene rings is 1. The van der Waals surface area contributed by atoms with E-state index in [1.54, 1.807) is 14.2 Å². The fourth-order valence-corrected chi connectivity index (χ4v) is 6.12. The predicted octanol–water partition coefficient (Wildman–Crippen LogP) is 7.32. The summed E-state index contributed by atoms with van der Waals surface area (Å²) in [6.45, 7) is 4.10. The molecule has 0 fully saturated rings. The molecule has 8 heteroatoms. The Morgan fingerprint density at radius 2 is 1.39 bits per heavy atom. The minimum absolute atomic E-state index is 0.227. The van der Waals surface area contributed by atoms with E-state index in [1.807, 2.05) is 28.8 Å². The second-order valence-corrected chi connectivity index (χ2v) is 11.7. The number of nitrogens with zero attached hydrogens (tertiary/aromatic N) is 5. The normalized spacial score (nSPS) is 12.9. The van der Waals surface area contributed by atoms with Crippen LogP contribution in [0.25, 0.3) is 11.2 Å². The van der Waals surface area contributed by atoms with Crippen LogP contribution in [0.1, 0.15) is 110 Å². The molecule has 0 aliphatic carbocycles. The molecular formula is C33H51N5O3. The Kier molecular flexibility index (Phi) is 11.9. The molecule has 41 heavy (non-hydrogen) atoms. The molecule has 1 aliphatic heterocycles. The van der Waals surface area contributed by atoms with Gasteiger partial charge in [-0.25, -0.2) is 4.79 Å². The first-order chi connectivity index (χ1) is 20.1. The highest BCUT2D eigenvalue weighted by molar-refractivity contribution is 5.78. The molecule has 0 saturated carbocycles. The number of unbranched alkanes of at least 4 members (excludes halogenated alkanes) is 15. The van der Waals surface area contributed by atoms with Crippen molar-refractivity contribution < 1.29 is 4.74 Å². The molecule has 4 rings (SSSR count). The van der Waals surface area contributed by atoms with Crippen LogP contribution < -0.4 is 20.9 Å². The van der Waals surface area contributed by atoms with E-state index < -0.39 is 0 Å². The molecular weight excluding hydrogens is 514 g/mol. The number of hydrogen-bond donors (Lipinski definition) is 0. The van der Waals surface area contributed by atoms with Gasteiger partial charge in [0.2, 0.25) is 5.95 Å². The van der Waals surface area contributed by atoms with E-state index >= 15 is 0 Å². The maximum atomic E-state index is 13.5. The molecule has 3 aromatic rings. The molecule has 226 valence electrons. The molecule has 0 atom stereocenters. The number of ether oxygens (including phenoxy) is 1. The Balaban J connectivity index is 1.22. The van der Waals surface area contributed by atoms with E-state index in [4.69, 9.17) is 9.72 Å².